The van der Waals surface area contributed by atoms with Gasteiger partial charge < -0.3 is 10.2 Å². The third-order valence-corrected chi connectivity index (χ3v) is 3.71. The minimum absolute atomic E-state index is 0.642. The Morgan fingerprint density at radius 1 is 1.38 bits per heavy atom. The first-order chi connectivity index (χ1) is 7.79. The van der Waals surface area contributed by atoms with Gasteiger partial charge in [-0.05, 0) is 58.5 Å². The number of furan rings is 1. The van der Waals surface area contributed by atoms with Crippen LogP contribution in [-0.2, 0) is 0 Å². The van der Waals surface area contributed by atoms with Gasteiger partial charge in [0.2, 0.25) is 0 Å². The maximum atomic E-state index is 5.84. The van der Waals surface area contributed by atoms with Crippen LogP contribution in [0.3, 0.4) is 0 Å². The summed E-state index contributed by atoms with van der Waals surface area (Å²) < 4.78 is 6.27. The lowest BCUT2D eigenvalue weighted by molar-refractivity contribution is 0.400. The third kappa shape index (κ3) is 2.98. The first-order valence-electron chi connectivity index (χ1n) is 5.95. The van der Waals surface area contributed by atoms with Gasteiger partial charge in [0.05, 0.1) is 0 Å². The Bertz CT molecular complexity index is 364. The predicted octanol–water partition coefficient (Wildman–Crippen LogP) is 3.96. The fourth-order valence-corrected chi connectivity index (χ4v) is 2.72. The largest absolute Gasteiger partial charge is 0.450 e. The van der Waals surface area contributed by atoms with Crippen LogP contribution in [0.4, 0.5) is 0 Å². The molecule has 88 valence electrons. The van der Waals surface area contributed by atoms with E-state index < -0.39 is 0 Å². The van der Waals surface area contributed by atoms with E-state index in [0.717, 1.165) is 10.4 Å². The number of rotatable bonds is 3. The minimum Gasteiger partial charge on any atom is -0.450 e. The number of nitrogens with two attached hydrogens (primary N) is 1. The van der Waals surface area contributed by atoms with Crippen molar-refractivity contribution in [1.82, 2.24) is 0 Å². The van der Waals surface area contributed by atoms with E-state index >= 15 is 0 Å². The molecule has 1 aromatic rings. The van der Waals surface area contributed by atoms with E-state index in [-0.39, 0.29) is 0 Å². The standard InChI is InChI=1S/C13H18BrNO/c14-13-7-6-12(16-13)8-11(9-15)10-4-2-1-3-5-10/h6-8,10H,1-5,9,15H2. The molecule has 1 aliphatic carbocycles. The van der Waals surface area contributed by atoms with Gasteiger partial charge in [-0.3, -0.25) is 0 Å². The highest BCUT2D eigenvalue weighted by Crippen LogP contribution is 2.30. The lowest BCUT2D eigenvalue weighted by atomic mass is 9.83. The maximum Gasteiger partial charge on any atom is 0.169 e. The van der Waals surface area contributed by atoms with Gasteiger partial charge in [0.15, 0.2) is 4.67 Å². The Kier molecular flexibility index (Phi) is 4.24. The first-order valence-corrected chi connectivity index (χ1v) is 6.75. The third-order valence-electron chi connectivity index (χ3n) is 3.29. The van der Waals surface area contributed by atoms with Crippen molar-refractivity contribution < 1.29 is 4.42 Å². The molecule has 16 heavy (non-hydrogen) atoms. The van der Waals surface area contributed by atoms with Crippen molar-refractivity contribution in [2.45, 2.75) is 32.1 Å². The van der Waals surface area contributed by atoms with E-state index in [4.69, 9.17) is 10.2 Å². The molecule has 2 nitrogen and oxygen atoms in total. The second-order valence-electron chi connectivity index (χ2n) is 4.40. The highest BCUT2D eigenvalue weighted by Gasteiger charge is 2.17. The maximum absolute atomic E-state index is 5.84. The molecule has 2 N–H and O–H groups in total. The molecule has 0 atom stereocenters. The molecule has 0 bridgehead atoms. The fourth-order valence-electron chi connectivity index (χ4n) is 2.41. The molecule has 0 spiro atoms. The van der Waals surface area contributed by atoms with E-state index in [9.17, 15) is 0 Å². The molecule has 0 aromatic carbocycles. The molecule has 0 amide bonds. The summed E-state index contributed by atoms with van der Waals surface area (Å²) in [5, 5.41) is 0. The van der Waals surface area contributed by atoms with Gasteiger partial charge in [-0.25, -0.2) is 0 Å². The molecular formula is C13H18BrNO. The zero-order valence-corrected chi connectivity index (χ0v) is 11.0. The van der Waals surface area contributed by atoms with Gasteiger partial charge in [0, 0.05) is 6.54 Å². The summed E-state index contributed by atoms with van der Waals surface area (Å²) in [5.74, 6) is 1.57. The average Bonchev–Trinajstić information content (AvgIpc) is 2.73. The summed E-state index contributed by atoms with van der Waals surface area (Å²) in [5.41, 5.74) is 7.17. The molecule has 1 fully saturated rings. The molecule has 0 saturated heterocycles. The van der Waals surface area contributed by atoms with Gasteiger partial charge in [0.1, 0.15) is 5.76 Å². The van der Waals surface area contributed by atoms with Crippen molar-refractivity contribution in [2.24, 2.45) is 11.7 Å². The summed E-state index contributed by atoms with van der Waals surface area (Å²) in [6.45, 7) is 0.642. The molecule has 1 aliphatic rings. The van der Waals surface area contributed by atoms with Gasteiger partial charge in [-0.1, -0.05) is 19.3 Å². The topological polar surface area (TPSA) is 39.2 Å². The summed E-state index contributed by atoms with van der Waals surface area (Å²) >= 11 is 3.31. The van der Waals surface area contributed by atoms with Gasteiger partial charge in [0.25, 0.3) is 0 Å². The Hall–Kier alpha value is -0.540. The first kappa shape index (κ1) is 11.9. The van der Waals surface area contributed by atoms with Crippen molar-refractivity contribution in [2.75, 3.05) is 6.54 Å². The Balaban J connectivity index is 2.11. The molecule has 3 heteroatoms. The van der Waals surface area contributed by atoms with Crippen LogP contribution in [0.2, 0.25) is 0 Å². The summed E-state index contributed by atoms with van der Waals surface area (Å²) in [6.07, 6.45) is 8.73. The summed E-state index contributed by atoms with van der Waals surface area (Å²) in [4.78, 5) is 0. The zero-order chi connectivity index (χ0) is 11.4. The number of hydrogen-bond acceptors (Lipinski definition) is 2. The van der Waals surface area contributed by atoms with Crippen LogP contribution in [0.1, 0.15) is 37.9 Å². The van der Waals surface area contributed by atoms with E-state index in [1.54, 1.807) is 0 Å². The van der Waals surface area contributed by atoms with Gasteiger partial charge >= 0.3 is 0 Å². The molecular weight excluding hydrogens is 266 g/mol. The molecule has 0 unspecified atom stereocenters. The number of hydrogen-bond donors (Lipinski definition) is 1. The van der Waals surface area contributed by atoms with Crippen molar-refractivity contribution in [1.29, 1.82) is 0 Å². The molecule has 1 aromatic heterocycles. The Labute approximate surface area is 105 Å². The average molecular weight is 284 g/mol. The van der Waals surface area contributed by atoms with E-state index in [0.29, 0.717) is 12.5 Å². The highest BCUT2D eigenvalue weighted by molar-refractivity contribution is 9.10. The van der Waals surface area contributed by atoms with Crippen molar-refractivity contribution in [3.8, 4) is 0 Å². The van der Waals surface area contributed by atoms with Crippen LogP contribution < -0.4 is 5.73 Å². The molecule has 0 radical (unpaired) electrons. The fraction of sp³-hybridized carbons (Fsp3) is 0.538. The van der Waals surface area contributed by atoms with Crippen LogP contribution in [0.25, 0.3) is 6.08 Å². The zero-order valence-electron chi connectivity index (χ0n) is 9.42. The smallest absolute Gasteiger partial charge is 0.169 e. The minimum atomic E-state index is 0.642. The molecule has 1 saturated carbocycles. The van der Waals surface area contributed by atoms with E-state index in [2.05, 4.69) is 22.0 Å². The van der Waals surface area contributed by atoms with Crippen LogP contribution in [0, 0.1) is 5.92 Å². The predicted molar refractivity (Wildman–Crippen MR) is 70.0 cm³/mol. The van der Waals surface area contributed by atoms with Crippen molar-refractivity contribution in [3.63, 3.8) is 0 Å². The summed E-state index contributed by atoms with van der Waals surface area (Å²) in [7, 11) is 0. The van der Waals surface area contributed by atoms with Crippen molar-refractivity contribution >= 4 is 22.0 Å². The van der Waals surface area contributed by atoms with E-state index in [1.165, 1.54) is 37.7 Å². The molecule has 0 aliphatic heterocycles. The quantitative estimate of drug-likeness (QED) is 0.912. The van der Waals surface area contributed by atoms with Crippen LogP contribution >= 0.6 is 15.9 Å². The van der Waals surface area contributed by atoms with Crippen molar-refractivity contribution in [3.05, 3.63) is 28.1 Å². The molecule has 2 rings (SSSR count). The second kappa shape index (κ2) is 5.69. The second-order valence-corrected chi connectivity index (χ2v) is 5.18. The summed E-state index contributed by atoms with van der Waals surface area (Å²) in [6, 6.07) is 3.89. The monoisotopic (exact) mass is 283 g/mol. The number of halogens is 1. The SMILES string of the molecule is NCC(=Cc1ccc(Br)o1)C1CCCCC1. The lowest BCUT2D eigenvalue weighted by Gasteiger charge is -2.23. The van der Waals surface area contributed by atoms with Crippen LogP contribution in [-0.4, -0.2) is 6.54 Å². The van der Waals surface area contributed by atoms with Crippen LogP contribution in [0.15, 0.2) is 26.8 Å². The van der Waals surface area contributed by atoms with Crippen LogP contribution in [0.5, 0.6) is 0 Å². The highest BCUT2D eigenvalue weighted by atomic mass is 79.9. The van der Waals surface area contributed by atoms with E-state index in [1.807, 2.05) is 12.1 Å². The Morgan fingerprint density at radius 3 is 2.69 bits per heavy atom. The normalized spacial score (nSPS) is 19.0. The van der Waals surface area contributed by atoms with Gasteiger partial charge in [-0.15, -0.1) is 0 Å². The Morgan fingerprint density at radius 2 is 2.12 bits per heavy atom. The van der Waals surface area contributed by atoms with Gasteiger partial charge in [-0.2, -0.15) is 0 Å². The lowest BCUT2D eigenvalue weighted by Crippen LogP contribution is -2.15. The molecule has 1 heterocycles.